The molecule has 1 rings (SSSR count). The number of benzene rings is 1. The average Bonchev–Trinajstić information content (AvgIpc) is 2.06. The molecule has 0 aliphatic carbocycles. The molecule has 0 saturated heterocycles. The van der Waals surface area contributed by atoms with Crippen LogP contribution in [0.5, 0.6) is 0 Å². The summed E-state index contributed by atoms with van der Waals surface area (Å²) in [6, 6.07) is 1.92. The van der Waals surface area contributed by atoms with Gasteiger partial charge in [0.25, 0.3) is 0 Å². The molecule has 0 spiro atoms. The molecule has 1 aromatic rings. The lowest BCUT2D eigenvalue weighted by Crippen LogP contribution is -2.21. The van der Waals surface area contributed by atoms with E-state index in [4.69, 9.17) is 17.3 Å². The van der Waals surface area contributed by atoms with Crippen LogP contribution in [0.3, 0.4) is 0 Å². The largest absolute Gasteiger partial charge is 0.390 e. The van der Waals surface area contributed by atoms with Crippen LogP contribution >= 0.6 is 24.0 Å². The van der Waals surface area contributed by atoms with E-state index in [0.29, 0.717) is 0 Å². The van der Waals surface area contributed by atoms with Crippen LogP contribution in [0.15, 0.2) is 18.2 Å². The zero-order chi connectivity index (χ0) is 11.6. The third kappa shape index (κ3) is 4.55. The van der Waals surface area contributed by atoms with E-state index in [0.717, 1.165) is 12.1 Å². The SMILES string of the molecule is Cl.N[C@@H](CC(F)(F)F)c1cc(Cl)ccc1F. The Morgan fingerprint density at radius 3 is 2.38 bits per heavy atom. The third-order valence-electron chi connectivity index (χ3n) is 1.81. The first-order valence-electron chi connectivity index (χ1n) is 4.07. The van der Waals surface area contributed by atoms with Gasteiger partial charge in [0.15, 0.2) is 0 Å². The Kier molecular flexibility index (Phi) is 5.52. The van der Waals surface area contributed by atoms with Gasteiger partial charge in [0.2, 0.25) is 0 Å². The zero-order valence-corrected chi connectivity index (χ0v) is 9.46. The van der Waals surface area contributed by atoms with Gasteiger partial charge in [0.1, 0.15) is 5.82 Å². The van der Waals surface area contributed by atoms with Crippen molar-refractivity contribution in [3.8, 4) is 0 Å². The highest BCUT2D eigenvalue weighted by molar-refractivity contribution is 6.30. The predicted molar refractivity (Wildman–Crippen MR) is 56.3 cm³/mol. The fourth-order valence-electron chi connectivity index (χ4n) is 1.16. The van der Waals surface area contributed by atoms with Crippen molar-refractivity contribution >= 4 is 24.0 Å². The fraction of sp³-hybridized carbons (Fsp3) is 0.333. The zero-order valence-electron chi connectivity index (χ0n) is 7.89. The number of halogens is 6. The van der Waals surface area contributed by atoms with Crippen LogP contribution in [0.4, 0.5) is 17.6 Å². The van der Waals surface area contributed by atoms with Crippen molar-refractivity contribution in [2.24, 2.45) is 5.73 Å². The molecule has 0 aromatic heterocycles. The van der Waals surface area contributed by atoms with Gasteiger partial charge in [-0.25, -0.2) is 4.39 Å². The molecule has 0 radical (unpaired) electrons. The van der Waals surface area contributed by atoms with Gasteiger partial charge in [-0.15, -0.1) is 12.4 Å². The van der Waals surface area contributed by atoms with Crippen LogP contribution in [-0.4, -0.2) is 6.18 Å². The van der Waals surface area contributed by atoms with Gasteiger partial charge in [-0.1, -0.05) is 11.6 Å². The van der Waals surface area contributed by atoms with Crippen molar-refractivity contribution in [1.29, 1.82) is 0 Å². The van der Waals surface area contributed by atoms with E-state index < -0.39 is 24.5 Å². The van der Waals surface area contributed by atoms with Gasteiger partial charge in [-0.05, 0) is 18.2 Å². The summed E-state index contributed by atoms with van der Waals surface area (Å²) in [5.74, 6) is -0.781. The first kappa shape index (κ1) is 15.5. The monoisotopic (exact) mass is 277 g/mol. The standard InChI is InChI=1S/C9H8ClF4N.ClH/c10-5-1-2-7(11)6(3-5)8(15)4-9(12,13)14;/h1-3,8H,4,15H2;1H/t8-;/m0./s1. The average molecular weight is 278 g/mol. The van der Waals surface area contributed by atoms with Gasteiger partial charge in [0.05, 0.1) is 6.42 Å². The van der Waals surface area contributed by atoms with E-state index in [1.165, 1.54) is 6.07 Å². The molecule has 16 heavy (non-hydrogen) atoms. The van der Waals surface area contributed by atoms with Gasteiger partial charge >= 0.3 is 6.18 Å². The number of rotatable bonds is 2. The molecule has 0 heterocycles. The van der Waals surface area contributed by atoms with E-state index >= 15 is 0 Å². The summed E-state index contributed by atoms with van der Waals surface area (Å²) >= 11 is 5.53. The Balaban J connectivity index is 0.00000225. The predicted octanol–water partition coefficient (Wildman–Crippen LogP) is 3.85. The highest BCUT2D eigenvalue weighted by Crippen LogP contribution is 2.30. The molecule has 0 aliphatic rings. The summed E-state index contributed by atoms with van der Waals surface area (Å²) in [6.45, 7) is 0. The maximum absolute atomic E-state index is 13.1. The number of hydrogen-bond acceptors (Lipinski definition) is 1. The Morgan fingerprint density at radius 2 is 1.88 bits per heavy atom. The van der Waals surface area contributed by atoms with Crippen molar-refractivity contribution in [2.75, 3.05) is 0 Å². The van der Waals surface area contributed by atoms with Crippen LogP contribution in [-0.2, 0) is 0 Å². The van der Waals surface area contributed by atoms with Crippen molar-refractivity contribution in [3.63, 3.8) is 0 Å². The molecule has 1 aromatic carbocycles. The van der Waals surface area contributed by atoms with Gasteiger partial charge in [-0.3, -0.25) is 0 Å². The highest BCUT2D eigenvalue weighted by atomic mass is 35.5. The van der Waals surface area contributed by atoms with E-state index in [1.807, 2.05) is 0 Å². The van der Waals surface area contributed by atoms with E-state index in [1.54, 1.807) is 0 Å². The second kappa shape index (κ2) is 5.70. The van der Waals surface area contributed by atoms with E-state index in [-0.39, 0.29) is 23.0 Å². The second-order valence-corrected chi connectivity index (χ2v) is 3.53. The number of hydrogen-bond donors (Lipinski definition) is 1. The lowest BCUT2D eigenvalue weighted by Gasteiger charge is -2.15. The van der Waals surface area contributed by atoms with Gasteiger partial charge in [-0.2, -0.15) is 13.2 Å². The number of alkyl halides is 3. The summed E-state index contributed by atoms with van der Waals surface area (Å²) < 4.78 is 49.1. The lowest BCUT2D eigenvalue weighted by molar-refractivity contribution is -0.138. The molecule has 1 atom stereocenters. The normalized spacial score (nSPS) is 13.1. The third-order valence-corrected chi connectivity index (χ3v) is 2.04. The van der Waals surface area contributed by atoms with Crippen LogP contribution in [0.1, 0.15) is 18.0 Å². The molecule has 0 saturated carbocycles. The molecule has 92 valence electrons. The van der Waals surface area contributed by atoms with Crippen molar-refractivity contribution in [3.05, 3.63) is 34.6 Å². The van der Waals surface area contributed by atoms with E-state index in [9.17, 15) is 17.6 Å². The summed E-state index contributed by atoms with van der Waals surface area (Å²) in [7, 11) is 0. The minimum Gasteiger partial charge on any atom is -0.324 e. The second-order valence-electron chi connectivity index (χ2n) is 3.09. The summed E-state index contributed by atoms with van der Waals surface area (Å²) in [6.07, 6.45) is -5.70. The maximum atomic E-state index is 13.1. The molecular formula is C9H9Cl2F4N. The maximum Gasteiger partial charge on any atom is 0.390 e. The van der Waals surface area contributed by atoms with Crippen molar-refractivity contribution < 1.29 is 17.6 Å². The first-order valence-corrected chi connectivity index (χ1v) is 4.44. The Morgan fingerprint density at radius 1 is 1.31 bits per heavy atom. The summed E-state index contributed by atoms with van der Waals surface area (Å²) in [5.41, 5.74) is 5.01. The number of nitrogens with two attached hydrogens (primary N) is 1. The highest BCUT2D eigenvalue weighted by Gasteiger charge is 2.31. The minimum atomic E-state index is -4.42. The molecule has 0 unspecified atom stereocenters. The molecule has 7 heteroatoms. The summed E-state index contributed by atoms with van der Waals surface area (Å²) in [4.78, 5) is 0. The Hall–Kier alpha value is -0.520. The molecule has 0 amide bonds. The lowest BCUT2D eigenvalue weighted by atomic mass is 10.0. The van der Waals surface area contributed by atoms with Gasteiger partial charge < -0.3 is 5.73 Å². The van der Waals surface area contributed by atoms with Crippen LogP contribution in [0.25, 0.3) is 0 Å². The van der Waals surface area contributed by atoms with Gasteiger partial charge in [0, 0.05) is 16.6 Å². The fourth-order valence-corrected chi connectivity index (χ4v) is 1.34. The Labute approximate surface area is 101 Å². The molecule has 2 N–H and O–H groups in total. The van der Waals surface area contributed by atoms with Crippen LogP contribution in [0.2, 0.25) is 5.02 Å². The summed E-state index contributed by atoms with van der Waals surface area (Å²) in [5, 5.41) is 0.157. The minimum absolute atomic E-state index is 0. The van der Waals surface area contributed by atoms with Crippen LogP contribution < -0.4 is 5.73 Å². The molecule has 0 bridgehead atoms. The Bertz CT molecular complexity index is 354. The molecule has 0 fully saturated rings. The van der Waals surface area contributed by atoms with Crippen LogP contribution in [0, 0.1) is 5.82 Å². The van der Waals surface area contributed by atoms with Crippen molar-refractivity contribution in [2.45, 2.75) is 18.6 Å². The first-order chi connectivity index (χ1) is 6.79. The topological polar surface area (TPSA) is 26.0 Å². The molecular weight excluding hydrogens is 269 g/mol. The quantitative estimate of drug-likeness (QED) is 0.817. The molecule has 0 aliphatic heterocycles. The molecule has 1 nitrogen and oxygen atoms in total. The smallest absolute Gasteiger partial charge is 0.324 e. The van der Waals surface area contributed by atoms with E-state index in [2.05, 4.69) is 0 Å². The van der Waals surface area contributed by atoms with Crippen molar-refractivity contribution in [1.82, 2.24) is 0 Å².